The molecule has 1 saturated carbocycles. The van der Waals surface area contributed by atoms with Gasteiger partial charge in [0.15, 0.2) is 5.58 Å². The van der Waals surface area contributed by atoms with Gasteiger partial charge in [-0.1, -0.05) is 6.07 Å². The first-order chi connectivity index (χ1) is 9.54. The Morgan fingerprint density at radius 2 is 2.25 bits per heavy atom. The molecular weight excluding hydrogens is 278 g/mol. The Hall–Kier alpha value is -1.26. The molecule has 1 heterocycles. The minimum Gasteiger partial charge on any atom is -0.408 e. The van der Waals surface area contributed by atoms with Crippen molar-refractivity contribution in [3.05, 3.63) is 34.3 Å². The molecule has 0 N–H and O–H groups in total. The lowest BCUT2D eigenvalue weighted by molar-refractivity contribution is -0.0780. The van der Waals surface area contributed by atoms with E-state index in [-0.39, 0.29) is 16.7 Å². The summed E-state index contributed by atoms with van der Waals surface area (Å²) in [6.07, 6.45) is 4.11. The van der Waals surface area contributed by atoms with Crippen LogP contribution in [0.1, 0.15) is 36.6 Å². The summed E-state index contributed by atoms with van der Waals surface area (Å²) >= 11 is 6.52. The predicted molar refractivity (Wildman–Crippen MR) is 78.3 cm³/mol. The van der Waals surface area contributed by atoms with Gasteiger partial charge in [-0.2, -0.15) is 0 Å². The van der Waals surface area contributed by atoms with E-state index >= 15 is 0 Å². The molecule has 0 aliphatic heterocycles. The van der Waals surface area contributed by atoms with Crippen LogP contribution in [0.2, 0.25) is 0 Å². The van der Waals surface area contributed by atoms with Crippen molar-refractivity contribution < 1.29 is 9.15 Å². The molecule has 0 saturated heterocycles. The third kappa shape index (κ3) is 2.17. The third-order valence-corrected chi connectivity index (χ3v) is 4.83. The molecule has 1 aliphatic rings. The number of alkyl halides is 1. The standard InChI is InChI=1S/C15H18ClNO3/c1-17-12-5-4-10(8-13(12)20-14(17)18)11(16)9-15(19-2)6-3-7-15/h4-5,8,11H,3,6-7,9H2,1-2H3. The lowest BCUT2D eigenvalue weighted by Gasteiger charge is -2.41. The van der Waals surface area contributed by atoms with Crippen LogP contribution in [0.3, 0.4) is 0 Å². The molecule has 1 aromatic heterocycles. The highest BCUT2D eigenvalue weighted by Crippen LogP contribution is 2.44. The second kappa shape index (κ2) is 4.93. The lowest BCUT2D eigenvalue weighted by Crippen LogP contribution is -2.39. The number of ether oxygens (including phenoxy) is 1. The van der Waals surface area contributed by atoms with E-state index in [0.717, 1.165) is 30.3 Å². The molecule has 1 aliphatic carbocycles. The van der Waals surface area contributed by atoms with Gasteiger partial charge in [-0.25, -0.2) is 4.79 Å². The molecule has 2 aromatic rings. The van der Waals surface area contributed by atoms with Crippen LogP contribution in [0.25, 0.3) is 11.1 Å². The van der Waals surface area contributed by atoms with Crippen molar-refractivity contribution >= 4 is 22.7 Å². The maximum Gasteiger partial charge on any atom is 0.419 e. The smallest absolute Gasteiger partial charge is 0.408 e. The highest BCUT2D eigenvalue weighted by molar-refractivity contribution is 6.21. The van der Waals surface area contributed by atoms with Crippen LogP contribution in [-0.2, 0) is 11.8 Å². The topological polar surface area (TPSA) is 44.4 Å². The van der Waals surface area contributed by atoms with Crippen LogP contribution < -0.4 is 5.76 Å². The fourth-order valence-corrected chi connectivity index (χ4v) is 3.27. The van der Waals surface area contributed by atoms with Gasteiger partial charge < -0.3 is 9.15 Å². The van der Waals surface area contributed by atoms with E-state index in [0.29, 0.717) is 5.58 Å². The molecule has 1 fully saturated rings. The number of halogens is 1. The lowest BCUT2D eigenvalue weighted by atomic mass is 9.76. The minimum atomic E-state index is -0.351. The summed E-state index contributed by atoms with van der Waals surface area (Å²) in [5.41, 5.74) is 2.27. The van der Waals surface area contributed by atoms with Gasteiger partial charge in [0.25, 0.3) is 0 Å². The average Bonchev–Trinajstić information content (AvgIpc) is 2.69. The quantitative estimate of drug-likeness (QED) is 0.812. The molecule has 108 valence electrons. The Kier molecular flexibility index (Phi) is 3.38. The van der Waals surface area contributed by atoms with Crippen molar-refractivity contribution in [3.63, 3.8) is 0 Å². The van der Waals surface area contributed by atoms with Crippen LogP contribution in [0.4, 0.5) is 0 Å². The summed E-state index contributed by atoms with van der Waals surface area (Å²) in [5.74, 6) is -0.351. The van der Waals surface area contributed by atoms with E-state index in [1.165, 1.54) is 11.0 Å². The van der Waals surface area contributed by atoms with E-state index in [1.807, 2.05) is 18.2 Å². The van der Waals surface area contributed by atoms with Crippen LogP contribution >= 0.6 is 11.6 Å². The summed E-state index contributed by atoms with van der Waals surface area (Å²) in [6, 6.07) is 5.69. The number of hydrogen-bond donors (Lipinski definition) is 0. The zero-order valence-electron chi connectivity index (χ0n) is 11.7. The average molecular weight is 296 g/mol. The second-order valence-electron chi connectivity index (χ2n) is 5.57. The normalized spacial score (nSPS) is 18.9. The summed E-state index contributed by atoms with van der Waals surface area (Å²) in [6.45, 7) is 0. The van der Waals surface area contributed by atoms with E-state index < -0.39 is 0 Å². The summed E-state index contributed by atoms with van der Waals surface area (Å²) in [7, 11) is 3.45. The molecule has 1 aromatic carbocycles. The Bertz CT molecular complexity index is 678. The molecule has 0 bridgehead atoms. The third-order valence-electron chi connectivity index (χ3n) is 4.43. The number of methoxy groups -OCH3 is 1. The van der Waals surface area contributed by atoms with Gasteiger partial charge in [-0.3, -0.25) is 4.57 Å². The van der Waals surface area contributed by atoms with Crippen molar-refractivity contribution in [2.75, 3.05) is 7.11 Å². The zero-order valence-corrected chi connectivity index (χ0v) is 12.4. The number of aryl methyl sites for hydroxylation is 1. The first kappa shape index (κ1) is 13.7. The van der Waals surface area contributed by atoms with Crippen LogP contribution in [-0.4, -0.2) is 17.3 Å². The Morgan fingerprint density at radius 3 is 2.85 bits per heavy atom. The van der Waals surface area contributed by atoms with Crippen molar-refractivity contribution in [3.8, 4) is 0 Å². The van der Waals surface area contributed by atoms with Gasteiger partial charge in [-0.15, -0.1) is 11.6 Å². The number of fused-ring (bicyclic) bond motifs is 1. The maximum absolute atomic E-state index is 11.5. The first-order valence-corrected chi connectivity index (χ1v) is 7.27. The van der Waals surface area contributed by atoms with Gasteiger partial charge in [0, 0.05) is 14.2 Å². The Labute approximate surface area is 122 Å². The molecule has 0 spiro atoms. The zero-order chi connectivity index (χ0) is 14.3. The molecule has 1 unspecified atom stereocenters. The van der Waals surface area contributed by atoms with E-state index in [9.17, 15) is 4.79 Å². The van der Waals surface area contributed by atoms with Crippen molar-refractivity contribution in [2.24, 2.45) is 7.05 Å². The fraction of sp³-hybridized carbons (Fsp3) is 0.533. The Balaban J connectivity index is 1.88. The van der Waals surface area contributed by atoms with Crippen molar-refractivity contribution in [1.82, 2.24) is 4.57 Å². The van der Waals surface area contributed by atoms with Crippen LogP contribution in [0.15, 0.2) is 27.4 Å². The highest BCUT2D eigenvalue weighted by atomic mass is 35.5. The number of rotatable bonds is 4. The number of nitrogens with zero attached hydrogens (tertiary/aromatic N) is 1. The maximum atomic E-state index is 11.5. The predicted octanol–water partition coefficient (Wildman–Crippen LogP) is 3.37. The second-order valence-corrected chi connectivity index (χ2v) is 6.09. The fourth-order valence-electron chi connectivity index (χ4n) is 2.85. The van der Waals surface area contributed by atoms with E-state index in [2.05, 4.69) is 0 Å². The van der Waals surface area contributed by atoms with Gasteiger partial charge in [-0.05, 0) is 43.4 Å². The number of oxazole rings is 1. The molecule has 5 heteroatoms. The minimum absolute atomic E-state index is 0.0705. The van der Waals surface area contributed by atoms with Gasteiger partial charge in [0.1, 0.15) is 0 Å². The SMILES string of the molecule is COC1(CC(Cl)c2ccc3c(c2)oc(=O)n3C)CCC1. The van der Waals surface area contributed by atoms with Crippen LogP contribution in [0.5, 0.6) is 0 Å². The molecule has 0 radical (unpaired) electrons. The summed E-state index contributed by atoms with van der Waals surface area (Å²) in [4.78, 5) is 11.5. The van der Waals surface area contributed by atoms with Gasteiger partial charge in [0.05, 0.1) is 16.5 Å². The molecule has 3 rings (SSSR count). The van der Waals surface area contributed by atoms with E-state index in [4.69, 9.17) is 20.8 Å². The van der Waals surface area contributed by atoms with E-state index in [1.54, 1.807) is 14.2 Å². The Morgan fingerprint density at radius 1 is 1.50 bits per heavy atom. The van der Waals surface area contributed by atoms with Gasteiger partial charge in [0.2, 0.25) is 0 Å². The molecule has 20 heavy (non-hydrogen) atoms. The highest BCUT2D eigenvalue weighted by Gasteiger charge is 2.39. The number of aromatic nitrogens is 1. The molecular formula is C15H18ClNO3. The monoisotopic (exact) mass is 295 g/mol. The first-order valence-electron chi connectivity index (χ1n) is 6.83. The number of benzene rings is 1. The number of hydrogen-bond acceptors (Lipinski definition) is 3. The van der Waals surface area contributed by atoms with Crippen LogP contribution in [0, 0.1) is 0 Å². The molecule has 4 nitrogen and oxygen atoms in total. The summed E-state index contributed by atoms with van der Waals surface area (Å²) < 4.78 is 12.3. The van der Waals surface area contributed by atoms with Gasteiger partial charge >= 0.3 is 5.76 Å². The molecule has 0 amide bonds. The van der Waals surface area contributed by atoms with Crippen molar-refractivity contribution in [2.45, 2.75) is 36.7 Å². The molecule has 1 atom stereocenters. The van der Waals surface area contributed by atoms with Crippen molar-refractivity contribution in [1.29, 1.82) is 0 Å². The summed E-state index contributed by atoms with van der Waals surface area (Å²) in [5, 5.41) is -0.134. The largest absolute Gasteiger partial charge is 0.419 e.